The van der Waals surface area contributed by atoms with Crippen LogP contribution in [0.5, 0.6) is 5.75 Å². The van der Waals surface area contributed by atoms with E-state index in [1.54, 1.807) is 6.07 Å². The third-order valence-corrected chi connectivity index (χ3v) is 1.87. The number of hydrogen-bond acceptors (Lipinski definition) is 3. The highest BCUT2D eigenvalue weighted by atomic mass is 19.1. The Labute approximate surface area is 91.2 Å². The summed E-state index contributed by atoms with van der Waals surface area (Å²) in [6.07, 6.45) is 1.88. The van der Waals surface area contributed by atoms with Gasteiger partial charge in [0.1, 0.15) is 17.4 Å². The van der Waals surface area contributed by atoms with Crippen LogP contribution < -0.4 is 4.74 Å². The van der Waals surface area contributed by atoms with Crippen molar-refractivity contribution < 1.29 is 19.0 Å². The standard InChI is InChI=1S/C11H8FNO3/c1-16-9-4-2-7(3-5-10(14)15)11(12)8(9)6-13/h2-5H,1H3,(H,14,15)/b5-3+. The summed E-state index contributed by atoms with van der Waals surface area (Å²) in [5, 5.41) is 17.1. The summed E-state index contributed by atoms with van der Waals surface area (Å²) in [5.41, 5.74) is -0.213. The first-order chi connectivity index (χ1) is 7.60. The average molecular weight is 221 g/mol. The molecule has 4 nitrogen and oxygen atoms in total. The van der Waals surface area contributed by atoms with Gasteiger partial charge >= 0.3 is 5.97 Å². The molecule has 0 heterocycles. The lowest BCUT2D eigenvalue weighted by Crippen LogP contribution is -1.95. The Balaban J connectivity index is 3.25. The molecule has 82 valence electrons. The number of nitrogens with zero attached hydrogens (tertiary/aromatic N) is 1. The summed E-state index contributed by atoms with van der Waals surface area (Å²) in [5.74, 6) is -1.86. The largest absolute Gasteiger partial charge is 0.495 e. The number of nitriles is 1. The molecule has 16 heavy (non-hydrogen) atoms. The van der Waals surface area contributed by atoms with Gasteiger partial charge in [-0.05, 0) is 18.2 Å². The van der Waals surface area contributed by atoms with Crippen LogP contribution in [0.25, 0.3) is 6.08 Å². The van der Waals surface area contributed by atoms with Crippen LogP contribution in [-0.2, 0) is 4.79 Å². The van der Waals surface area contributed by atoms with E-state index in [0.29, 0.717) is 0 Å². The van der Waals surface area contributed by atoms with Crippen LogP contribution >= 0.6 is 0 Å². The molecule has 0 bridgehead atoms. The fraction of sp³-hybridized carbons (Fsp3) is 0.0909. The van der Waals surface area contributed by atoms with Gasteiger partial charge in [0.05, 0.1) is 7.11 Å². The van der Waals surface area contributed by atoms with Crippen molar-refractivity contribution >= 4 is 12.0 Å². The summed E-state index contributed by atoms with van der Waals surface area (Å²) < 4.78 is 18.4. The van der Waals surface area contributed by atoms with Crippen molar-refractivity contribution in [1.29, 1.82) is 5.26 Å². The molecule has 0 saturated carbocycles. The van der Waals surface area contributed by atoms with E-state index in [4.69, 9.17) is 15.1 Å². The quantitative estimate of drug-likeness (QED) is 0.790. The molecule has 1 N–H and O–H groups in total. The van der Waals surface area contributed by atoms with Crippen molar-refractivity contribution in [3.05, 3.63) is 35.2 Å². The van der Waals surface area contributed by atoms with Gasteiger partial charge in [0.25, 0.3) is 0 Å². The monoisotopic (exact) mass is 221 g/mol. The molecule has 0 fully saturated rings. The zero-order chi connectivity index (χ0) is 12.1. The van der Waals surface area contributed by atoms with Gasteiger partial charge in [0, 0.05) is 11.6 Å². The summed E-state index contributed by atoms with van der Waals surface area (Å²) in [4.78, 5) is 10.3. The second-order valence-corrected chi connectivity index (χ2v) is 2.83. The van der Waals surface area contributed by atoms with Crippen LogP contribution in [0, 0.1) is 17.1 Å². The molecule has 0 aliphatic rings. The molecular weight excluding hydrogens is 213 g/mol. The molecule has 5 heteroatoms. The molecule has 1 aromatic carbocycles. The van der Waals surface area contributed by atoms with Gasteiger partial charge in [-0.15, -0.1) is 0 Å². The molecule has 0 aliphatic carbocycles. The predicted octanol–water partition coefficient (Wildman–Crippen LogP) is 1.80. The molecule has 0 amide bonds. The summed E-state index contributed by atoms with van der Waals surface area (Å²) >= 11 is 0. The maximum Gasteiger partial charge on any atom is 0.328 e. The predicted molar refractivity (Wildman–Crippen MR) is 54.3 cm³/mol. The Morgan fingerprint density at radius 1 is 1.62 bits per heavy atom. The normalized spacial score (nSPS) is 10.1. The minimum Gasteiger partial charge on any atom is -0.495 e. The van der Waals surface area contributed by atoms with Crippen LogP contribution in [-0.4, -0.2) is 18.2 Å². The summed E-state index contributed by atoms with van der Waals surface area (Å²) in [6, 6.07) is 4.41. The lowest BCUT2D eigenvalue weighted by molar-refractivity contribution is -0.131. The number of hydrogen-bond donors (Lipinski definition) is 1. The molecule has 0 atom stereocenters. The van der Waals surface area contributed by atoms with Gasteiger partial charge in [0.2, 0.25) is 0 Å². The van der Waals surface area contributed by atoms with Gasteiger partial charge in [0.15, 0.2) is 5.82 Å². The number of methoxy groups -OCH3 is 1. The Morgan fingerprint density at radius 3 is 2.81 bits per heavy atom. The van der Waals surface area contributed by atoms with Crippen molar-refractivity contribution in [2.75, 3.05) is 7.11 Å². The maximum absolute atomic E-state index is 13.6. The number of carboxylic acids is 1. The Kier molecular flexibility index (Phi) is 3.62. The van der Waals surface area contributed by atoms with Crippen molar-refractivity contribution in [2.24, 2.45) is 0 Å². The minimum atomic E-state index is -1.19. The van der Waals surface area contributed by atoms with Crippen LogP contribution in [0.15, 0.2) is 18.2 Å². The third-order valence-electron chi connectivity index (χ3n) is 1.87. The second kappa shape index (κ2) is 4.94. The fourth-order valence-corrected chi connectivity index (χ4v) is 1.14. The molecule has 0 unspecified atom stereocenters. The van der Waals surface area contributed by atoms with Crippen molar-refractivity contribution in [2.45, 2.75) is 0 Å². The molecule has 1 rings (SSSR count). The lowest BCUT2D eigenvalue weighted by atomic mass is 10.1. The maximum atomic E-state index is 13.6. The zero-order valence-electron chi connectivity index (χ0n) is 8.40. The highest BCUT2D eigenvalue weighted by Gasteiger charge is 2.12. The molecular formula is C11H8FNO3. The van der Waals surface area contributed by atoms with E-state index >= 15 is 0 Å². The van der Waals surface area contributed by atoms with E-state index in [9.17, 15) is 9.18 Å². The Hall–Kier alpha value is -2.35. The Morgan fingerprint density at radius 2 is 2.31 bits per heavy atom. The van der Waals surface area contributed by atoms with E-state index in [1.165, 1.54) is 19.2 Å². The van der Waals surface area contributed by atoms with Gasteiger partial charge in [-0.3, -0.25) is 0 Å². The number of carbonyl (C=O) groups is 1. The van der Waals surface area contributed by atoms with E-state index in [1.807, 2.05) is 0 Å². The number of halogens is 1. The van der Waals surface area contributed by atoms with Gasteiger partial charge in [-0.25, -0.2) is 9.18 Å². The second-order valence-electron chi connectivity index (χ2n) is 2.83. The minimum absolute atomic E-state index is 0.0275. The van der Waals surface area contributed by atoms with Crippen molar-refractivity contribution in [3.63, 3.8) is 0 Å². The topological polar surface area (TPSA) is 70.3 Å². The first-order valence-electron chi connectivity index (χ1n) is 4.27. The van der Waals surface area contributed by atoms with Crippen molar-refractivity contribution in [1.82, 2.24) is 0 Å². The van der Waals surface area contributed by atoms with Crippen LogP contribution in [0.4, 0.5) is 4.39 Å². The zero-order valence-corrected chi connectivity index (χ0v) is 8.40. The number of ether oxygens (including phenoxy) is 1. The fourth-order valence-electron chi connectivity index (χ4n) is 1.14. The SMILES string of the molecule is COc1ccc(/C=C/C(=O)O)c(F)c1C#N. The van der Waals surface area contributed by atoms with E-state index in [0.717, 1.165) is 12.2 Å². The number of rotatable bonds is 3. The first-order valence-corrected chi connectivity index (χ1v) is 4.27. The number of aliphatic carboxylic acids is 1. The molecule has 0 aliphatic heterocycles. The van der Waals surface area contributed by atoms with E-state index < -0.39 is 11.8 Å². The molecule has 1 aromatic rings. The third kappa shape index (κ3) is 2.36. The number of benzene rings is 1. The molecule has 0 radical (unpaired) electrons. The molecule has 0 aromatic heterocycles. The number of carboxylic acid groups (broad SMARTS) is 1. The molecule has 0 spiro atoms. The van der Waals surface area contributed by atoms with Crippen LogP contribution in [0.1, 0.15) is 11.1 Å². The highest BCUT2D eigenvalue weighted by molar-refractivity contribution is 5.85. The van der Waals surface area contributed by atoms with Crippen LogP contribution in [0.3, 0.4) is 0 Å². The van der Waals surface area contributed by atoms with E-state index in [2.05, 4.69) is 0 Å². The Bertz CT molecular complexity index is 489. The average Bonchev–Trinajstić information content (AvgIpc) is 2.26. The smallest absolute Gasteiger partial charge is 0.328 e. The van der Waals surface area contributed by atoms with Gasteiger partial charge in [-0.1, -0.05) is 0 Å². The van der Waals surface area contributed by atoms with Gasteiger partial charge < -0.3 is 9.84 Å². The molecule has 0 saturated heterocycles. The first kappa shape index (κ1) is 11.7. The summed E-state index contributed by atoms with van der Waals surface area (Å²) in [6.45, 7) is 0. The van der Waals surface area contributed by atoms with E-state index in [-0.39, 0.29) is 16.9 Å². The lowest BCUT2D eigenvalue weighted by Gasteiger charge is -2.05. The van der Waals surface area contributed by atoms with Gasteiger partial charge in [-0.2, -0.15) is 5.26 Å². The van der Waals surface area contributed by atoms with Crippen LogP contribution in [0.2, 0.25) is 0 Å². The summed E-state index contributed by atoms with van der Waals surface area (Å²) in [7, 11) is 1.32. The highest BCUT2D eigenvalue weighted by Crippen LogP contribution is 2.24. The van der Waals surface area contributed by atoms with Crippen molar-refractivity contribution in [3.8, 4) is 11.8 Å².